The maximum absolute atomic E-state index is 12.0. The van der Waals surface area contributed by atoms with Gasteiger partial charge in [-0.15, -0.1) is 0 Å². The molecule has 6 heteroatoms. The van der Waals surface area contributed by atoms with E-state index in [0.717, 1.165) is 11.1 Å². The molecule has 2 rings (SSSR count). The number of aryl methyl sites for hydroxylation is 2. The van der Waals surface area contributed by atoms with E-state index in [0.29, 0.717) is 17.1 Å². The summed E-state index contributed by atoms with van der Waals surface area (Å²) in [4.78, 5) is 22.8. The number of hydrogen-bond acceptors (Lipinski definition) is 3. The number of ether oxygens (including phenoxy) is 1. The van der Waals surface area contributed by atoms with Crippen molar-refractivity contribution in [1.82, 2.24) is 0 Å². The average molecular weight is 313 g/mol. The minimum Gasteiger partial charge on any atom is -0.483 e. The zero-order valence-corrected chi connectivity index (χ0v) is 13.1. The van der Waals surface area contributed by atoms with E-state index < -0.39 is 6.03 Å². The molecule has 0 aromatic heterocycles. The number of nitrogens with two attached hydrogens (primary N) is 1. The molecule has 0 spiro atoms. The van der Waals surface area contributed by atoms with Gasteiger partial charge in [-0.25, -0.2) is 4.79 Å². The predicted octanol–water partition coefficient (Wildman–Crippen LogP) is 2.81. The first kappa shape index (κ1) is 16.4. The zero-order chi connectivity index (χ0) is 16.8. The number of amides is 3. The minimum absolute atomic E-state index is 0.0994. The van der Waals surface area contributed by atoms with Crippen LogP contribution in [0.15, 0.2) is 42.5 Å². The molecule has 0 atom stereocenters. The highest BCUT2D eigenvalue weighted by Crippen LogP contribution is 2.19. The number of urea groups is 1. The first-order chi connectivity index (χ1) is 10.9. The molecule has 0 aliphatic carbocycles. The van der Waals surface area contributed by atoms with Gasteiger partial charge in [-0.05, 0) is 49.2 Å². The van der Waals surface area contributed by atoms with Crippen molar-refractivity contribution < 1.29 is 14.3 Å². The van der Waals surface area contributed by atoms with E-state index in [1.807, 2.05) is 32.0 Å². The number of rotatable bonds is 5. The lowest BCUT2D eigenvalue weighted by molar-refractivity contribution is -0.118. The Balaban J connectivity index is 1.94. The third-order valence-electron chi connectivity index (χ3n) is 3.12. The molecule has 0 heterocycles. The van der Waals surface area contributed by atoms with Crippen molar-refractivity contribution in [2.75, 3.05) is 17.2 Å². The van der Waals surface area contributed by atoms with Crippen molar-refractivity contribution >= 4 is 23.3 Å². The largest absolute Gasteiger partial charge is 0.483 e. The highest BCUT2D eigenvalue weighted by Gasteiger charge is 2.07. The van der Waals surface area contributed by atoms with Crippen LogP contribution >= 0.6 is 0 Å². The van der Waals surface area contributed by atoms with E-state index in [9.17, 15) is 9.59 Å². The Hall–Kier alpha value is -3.02. The normalized spacial score (nSPS) is 10.0. The summed E-state index contributed by atoms with van der Waals surface area (Å²) in [6.07, 6.45) is 0. The molecule has 0 aliphatic rings. The second kappa shape index (κ2) is 7.31. The molecule has 3 amide bonds. The molecule has 0 saturated carbocycles. The summed E-state index contributed by atoms with van der Waals surface area (Å²) in [5.74, 6) is 0.395. The number of carbonyl (C=O) groups excluding carboxylic acids is 2. The standard InChI is InChI=1S/C17H19N3O3/c1-11-6-7-12(2)15(8-11)23-10-16(21)19-13-4-3-5-14(9-13)20-17(18)22/h3-9H,10H2,1-2H3,(H,19,21)(H3,18,20,22). The lowest BCUT2D eigenvalue weighted by atomic mass is 10.1. The topological polar surface area (TPSA) is 93.4 Å². The molecule has 0 aliphatic heterocycles. The Kier molecular flexibility index (Phi) is 5.19. The fourth-order valence-electron chi connectivity index (χ4n) is 2.02. The van der Waals surface area contributed by atoms with Gasteiger partial charge in [0.05, 0.1) is 0 Å². The third-order valence-corrected chi connectivity index (χ3v) is 3.12. The number of hydrogen-bond donors (Lipinski definition) is 3. The summed E-state index contributed by atoms with van der Waals surface area (Å²) in [7, 11) is 0. The highest BCUT2D eigenvalue weighted by atomic mass is 16.5. The Morgan fingerprint density at radius 2 is 1.74 bits per heavy atom. The number of nitrogens with one attached hydrogen (secondary N) is 2. The smallest absolute Gasteiger partial charge is 0.316 e. The van der Waals surface area contributed by atoms with Crippen molar-refractivity contribution in [2.24, 2.45) is 5.73 Å². The van der Waals surface area contributed by atoms with Crippen LogP contribution in [0, 0.1) is 13.8 Å². The number of benzene rings is 2. The second-order valence-corrected chi connectivity index (χ2v) is 5.18. The summed E-state index contributed by atoms with van der Waals surface area (Å²) < 4.78 is 5.54. The van der Waals surface area contributed by atoms with Gasteiger partial charge in [-0.2, -0.15) is 0 Å². The molecule has 2 aromatic rings. The molecule has 0 radical (unpaired) electrons. The summed E-state index contributed by atoms with van der Waals surface area (Å²) in [6.45, 7) is 3.78. The van der Waals surface area contributed by atoms with Crippen LogP contribution in [-0.4, -0.2) is 18.5 Å². The van der Waals surface area contributed by atoms with Gasteiger partial charge in [0.2, 0.25) is 0 Å². The summed E-state index contributed by atoms with van der Waals surface area (Å²) in [6, 6.07) is 11.9. The van der Waals surface area contributed by atoms with Crippen molar-refractivity contribution in [1.29, 1.82) is 0 Å². The zero-order valence-electron chi connectivity index (χ0n) is 13.1. The van der Waals surface area contributed by atoms with Crippen molar-refractivity contribution in [2.45, 2.75) is 13.8 Å². The first-order valence-corrected chi connectivity index (χ1v) is 7.10. The molecule has 0 unspecified atom stereocenters. The van der Waals surface area contributed by atoms with E-state index in [1.165, 1.54) is 0 Å². The molecular weight excluding hydrogens is 294 g/mol. The number of carbonyl (C=O) groups is 2. The van der Waals surface area contributed by atoms with Gasteiger partial charge in [0.1, 0.15) is 5.75 Å². The predicted molar refractivity (Wildman–Crippen MR) is 89.7 cm³/mol. The Morgan fingerprint density at radius 3 is 2.43 bits per heavy atom. The fourth-order valence-corrected chi connectivity index (χ4v) is 2.02. The van der Waals surface area contributed by atoms with Gasteiger partial charge in [-0.1, -0.05) is 18.2 Å². The summed E-state index contributed by atoms with van der Waals surface area (Å²) in [5, 5.41) is 5.15. The fraction of sp³-hybridized carbons (Fsp3) is 0.176. The molecule has 4 N–H and O–H groups in total. The maximum atomic E-state index is 12.0. The van der Waals surface area contributed by atoms with Crippen LogP contribution in [-0.2, 0) is 4.79 Å². The van der Waals surface area contributed by atoms with Crippen LogP contribution in [0.2, 0.25) is 0 Å². The third kappa shape index (κ3) is 5.03. The van der Waals surface area contributed by atoms with E-state index in [2.05, 4.69) is 10.6 Å². The van der Waals surface area contributed by atoms with E-state index in [1.54, 1.807) is 24.3 Å². The van der Waals surface area contributed by atoms with Crippen molar-refractivity contribution in [3.63, 3.8) is 0 Å². The molecule has 120 valence electrons. The lowest BCUT2D eigenvalue weighted by Gasteiger charge is -2.11. The second-order valence-electron chi connectivity index (χ2n) is 5.18. The number of anilines is 2. The highest BCUT2D eigenvalue weighted by molar-refractivity contribution is 5.93. The molecule has 0 fully saturated rings. The van der Waals surface area contributed by atoms with Gasteiger partial charge in [-0.3, -0.25) is 4.79 Å². The molecular formula is C17H19N3O3. The van der Waals surface area contributed by atoms with Gasteiger partial charge in [0.15, 0.2) is 6.61 Å². The molecule has 0 bridgehead atoms. The summed E-state index contributed by atoms with van der Waals surface area (Å²) >= 11 is 0. The first-order valence-electron chi connectivity index (χ1n) is 7.10. The van der Waals surface area contributed by atoms with Gasteiger partial charge < -0.3 is 21.1 Å². The lowest BCUT2D eigenvalue weighted by Crippen LogP contribution is -2.21. The van der Waals surface area contributed by atoms with Gasteiger partial charge >= 0.3 is 6.03 Å². The van der Waals surface area contributed by atoms with Crippen molar-refractivity contribution in [3.05, 3.63) is 53.6 Å². The minimum atomic E-state index is -0.660. The molecule has 23 heavy (non-hydrogen) atoms. The monoisotopic (exact) mass is 313 g/mol. The van der Waals surface area contributed by atoms with Crippen LogP contribution in [0.1, 0.15) is 11.1 Å². The Morgan fingerprint density at radius 1 is 1.04 bits per heavy atom. The average Bonchev–Trinajstić information content (AvgIpc) is 2.48. The van der Waals surface area contributed by atoms with Crippen LogP contribution in [0.3, 0.4) is 0 Å². The van der Waals surface area contributed by atoms with E-state index in [-0.39, 0.29) is 12.5 Å². The SMILES string of the molecule is Cc1ccc(C)c(OCC(=O)Nc2cccc(NC(N)=O)c2)c1. The molecule has 2 aromatic carbocycles. The van der Waals surface area contributed by atoms with E-state index >= 15 is 0 Å². The van der Waals surface area contributed by atoms with Gasteiger partial charge in [0, 0.05) is 11.4 Å². The maximum Gasteiger partial charge on any atom is 0.316 e. The van der Waals surface area contributed by atoms with E-state index in [4.69, 9.17) is 10.5 Å². The van der Waals surface area contributed by atoms with Crippen molar-refractivity contribution in [3.8, 4) is 5.75 Å². The van der Waals surface area contributed by atoms with Crippen LogP contribution in [0.5, 0.6) is 5.75 Å². The van der Waals surface area contributed by atoms with Crippen LogP contribution in [0.4, 0.5) is 16.2 Å². The van der Waals surface area contributed by atoms with Gasteiger partial charge in [0.25, 0.3) is 5.91 Å². The van der Waals surface area contributed by atoms with Crippen LogP contribution in [0.25, 0.3) is 0 Å². The Labute approximate surface area is 134 Å². The quantitative estimate of drug-likeness (QED) is 0.792. The number of primary amides is 1. The Bertz CT molecular complexity index is 729. The summed E-state index contributed by atoms with van der Waals surface area (Å²) in [5.41, 5.74) is 8.14. The molecule has 6 nitrogen and oxygen atoms in total. The molecule has 0 saturated heterocycles. The van der Waals surface area contributed by atoms with Crippen LogP contribution < -0.4 is 21.1 Å².